The first-order valence-electron chi connectivity index (χ1n) is 4.54. The minimum atomic E-state index is -1.08. The Bertz CT molecular complexity index is 274. The summed E-state index contributed by atoms with van der Waals surface area (Å²) in [7, 11) is 0. The Morgan fingerprint density at radius 1 is 1.43 bits per heavy atom. The van der Waals surface area contributed by atoms with Crippen LogP contribution < -0.4 is 0 Å². The zero-order chi connectivity index (χ0) is 10.7. The number of hydrogen-bond acceptors (Lipinski definition) is 3. The van der Waals surface area contributed by atoms with Gasteiger partial charge in [-0.25, -0.2) is 4.79 Å². The van der Waals surface area contributed by atoms with Gasteiger partial charge in [0, 0.05) is 6.54 Å². The molecule has 1 atom stereocenters. The van der Waals surface area contributed by atoms with Crippen LogP contribution in [0.3, 0.4) is 0 Å². The van der Waals surface area contributed by atoms with Gasteiger partial charge in [-0.15, -0.1) is 0 Å². The van der Waals surface area contributed by atoms with E-state index in [1.54, 1.807) is 0 Å². The quantitative estimate of drug-likeness (QED) is 0.678. The topological polar surface area (TPSA) is 74.7 Å². The minimum Gasteiger partial charge on any atom is -0.465 e. The number of carboxylic acid groups (broad SMARTS) is 1. The van der Waals surface area contributed by atoms with Crippen LogP contribution >= 0.6 is 0 Å². The van der Waals surface area contributed by atoms with Gasteiger partial charge in [0.2, 0.25) is 0 Å². The highest BCUT2D eigenvalue weighted by molar-refractivity contribution is 6.01. The highest BCUT2D eigenvalue weighted by Gasteiger charge is 2.33. The van der Waals surface area contributed by atoms with E-state index >= 15 is 0 Å². The van der Waals surface area contributed by atoms with Crippen LogP contribution in [-0.2, 0) is 9.59 Å². The SMILES string of the molecule is CC(=O)CC(=O)C1CCCN1C(=O)O. The number of likely N-dealkylation sites (tertiary alicyclic amines) is 1. The summed E-state index contributed by atoms with van der Waals surface area (Å²) in [6.45, 7) is 1.72. The van der Waals surface area contributed by atoms with E-state index < -0.39 is 12.1 Å². The standard InChI is InChI=1S/C9H13NO4/c1-6(11)5-8(12)7-3-2-4-10(7)9(13)14/h7H,2-5H2,1H3,(H,13,14). The molecule has 14 heavy (non-hydrogen) atoms. The van der Waals surface area contributed by atoms with Crippen LogP contribution in [0.4, 0.5) is 4.79 Å². The average Bonchev–Trinajstić information content (AvgIpc) is 2.49. The number of carbonyl (C=O) groups is 3. The lowest BCUT2D eigenvalue weighted by Crippen LogP contribution is -2.40. The van der Waals surface area contributed by atoms with Crippen molar-refractivity contribution in [3.8, 4) is 0 Å². The van der Waals surface area contributed by atoms with E-state index in [2.05, 4.69) is 0 Å². The third kappa shape index (κ3) is 2.31. The highest BCUT2D eigenvalue weighted by Crippen LogP contribution is 2.19. The molecule has 0 saturated carbocycles. The van der Waals surface area contributed by atoms with Gasteiger partial charge in [0.15, 0.2) is 5.78 Å². The van der Waals surface area contributed by atoms with Crippen molar-refractivity contribution in [2.24, 2.45) is 0 Å². The van der Waals surface area contributed by atoms with E-state index in [1.807, 2.05) is 0 Å². The van der Waals surface area contributed by atoms with Crippen molar-refractivity contribution in [3.05, 3.63) is 0 Å². The molecule has 1 aliphatic rings. The van der Waals surface area contributed by atoms with Crippen LogP contribution in [0.25, 0.3) is 0 Å². The smallest absolute Gasteiger partial charge is 0.407 e. The number of ketones is 2. The molecule has 0 aliphatic carbocycles. The average molecular weight is 199 g/mol. The Hall–Kier alpha value is -1.39. The Morgan fingerprint density at radius 3 is 2.57 bits per heavy atom. The number of amides is 1. The van der Waals surface area contributed by atoms with E-state index in [-0.39, 0.29) is 18.0 Å². The van der Waals surface area contributed by atoms with Crippen LogP contribution in [0, 0.1) is 0 Å². The number of hydrogen-bond donors (Lipinski definition) is 1. The lowest BCUT2D eigenvalue weighted by atomic mass is 10.1. The molecule has 0 bridgehead atoms. The molecule has 1 unspecified atom stereocenters. The van der Waals surface area contributed by atoms with E-state index in [0.717, 1.165) is 4.90 Å². The summed E-state index contributed by atoms with van der Waals surface area (Å²) < 4.78 is 0. The van der Waals surface area contributed by atoms with Crippen LogP contribution in [0.5, 0.6) is 0 Å². The maximum Gasteiger partial charge on any atom is 0.407 e. The minimum absolute atomic E-state index is 0.158. The first-order valence-corrected chi connectivity index (χ1v) is 4.54. The summed E-state index contributed by atoms with van der Waals surface area (Å²) in [5, 5.41) is 8.76. The van der Waals surface area contributed by atoms with Crippen molar-refractivity contribution >= 4 is 17.7 Å². The number of nitrogens with zero attached hydrogens (tertiary/aromatic N) is 1. The largest absolute Gasteiger partial charge is 0.465 e. The molecule has 78 valence electrons. The molecule has 1 heterocycles. The van der Waals surface area contributed by atoms with Crippen molar-refractivity contribution in [2.45, 2.75) is 32.2 Å². The maximum atomic E-state index is 11.4. The van der Waals surface area contributed by atoms with Crippen molar-refractivity contribution in [3.63, 3.8) is 0 Å². The van der Waals surface area contributed by atoms with Gasteiger partial charge in [0.05, 0.1) is 12.5 Å². The maximum absolute atomic E-state index is 11.4. The Kier molecular flexibility index (Phi) is 3.22. The monoisotopic (exact) mass is 199 g/mol. The summed E-state index contributed by atoms with van der Waals surface area (Å²) in [5.74, 6) is -0.496. The zero-order valence-electron chi connectivity index (χ0n) is 8.02. The van der Waals surface area contributed by atoms with Crippen molar-refractivity contribution in [1.29, 1.82) is 0 Å². The summed E-state index contributed by atoms with van der Waals surface area (Å²) in [6.07, 6.45) is -0.00240. The molecular formula is C9H13NO4. The van der Waals surface area contributed by atoms with E-state index in [1.165, 1.54) is 6.92 Å². The summed E-state index contributed by atoms with van der Waals surface area (Å²) in [5.41, 5.74) is 0. The Labute approximate surface area is 81.7 Å². The number of rotatable bonds is 3. The van der Waals surface area contributed by atoms with Crippen molar-refractivity contribution in [2.75, 3.05) is 6.54 Å². The fourth-order valence-electron chi connectivity index (χ4n) is 1.69. The van der Waals surface area contributed by atoms with Gasteiger partial charge in [-0.1, -0.05) is 0 Å². The molecule has 0 radical (unpaired) electrons. The molecule has 1 N–H and O–H groups in total. The van der Waals surface area contributed by atoms with Crippen LogP contribution in [0.1, 0.15) is 26.2 Å². The molecule has 0 spiro atoms. The number of Topliss-reactive ketones (excluding diaryl/α,β-unsaturated/α-hetero) is 2. The van der Waals surface area contributed by atoms with E-state index in [0.29, 0.717) is 19.4 Å². The van der Waals surface area contributed by atoms with Crippen molar-refractivity contribution in [1.82, 2.24) is 4.90 Å². The molecular weight excluding hydrogens is 186 g/mol. The molecule has 0 aromatic carbocycles. The predicted molar refractivity (Wildman–Crippen MR) is 48.1 cm³/mol. The molecule has 1 saturated heterocycles. The zero-order valence-corrected chi connectivity index (χ0v) is 8.02. The third-order valence-electron chi connectivity index (χ3n) is 2.29. The van der Waals surface area contributed by atoms with Crippen LogP contribution in [-0.4, -0.2) is 40.3 Å². The lowest BCUT2D eigenvalue weighted by Gasteiger charge is -2.19. The van der Waals surface area contributed by atoms with Gasteiger partial charge >= 0.3 is 6.09 Å². The fourth-order valence-corrected chi connectivity index (χ4v) is 1.69. The summed E-state index contributed by atoms with van der Waals surface area (Å²) >= 11 is 0. The Morgan fingerprint density at radius 2 is 2.07 bits per heavy atom. The molecule has 0 aromatic rings. The molecule has 0 aromatic heterocycles. The summed E-state index contributed by atoms with van der Waals surface area (Å²) in [6, 6.07) is -0.601. The van der Waals surface area contributed by atoms with Crippen molar-refractivity contribution < 1.29 is 19.5 Å². The van der Waals surface area contributed by atoms with Gasteiger partial charge in [0.1, 0.15) is 5.78 Å². The normalized spacial score (nSPS) is 20.9. The van der Waals surface area contributed by atoms with Gasteiger partial charge in [-0.3, -0.25) is 14.5 Å². The van der Waals surface area contributed by atoms with Crippen LogP contribution in [0.15, 0.2) is 0 Å². The molecule has 1 fully saturated rings. The number of carbonyl (C=O) groups excluding carboxylic acids is 2. The second-order valence-corrected chi connectivity index (χ2v) is 3.48. The summed E-state index contributed by atoms with van der Waals surface area (Å²) in [4.78, 5) is 34.0. The van der Waals surface area contributed by atoms with Gasteiger partial charge in [-0.05, 0) is 19.8 Å². The second-order valence-electron chi connectivity index (χ2n) is 3.48. The lowest BCUT2D eigenvalue weighted by molar-refractivity contribution is -0.128. The van der Waals surface area contributed by atoms with Crippen LogP contribution in [0.2, 0.25) is 0 Å². The van der Waals surface area contributed by atoms with E-state index in [9.17, 15) is 14.4 Å². The first-order chi connectivity index (χ1) is 6.52. The molecule has 1 rings (SSSR count). The first kappa shape index (κ1) is 10.7. The Balaban J connectivity index is 2.62. The predicted octanol–water partition coefficient (Wildman–Crippen LogP) is 0.677. The molecule has 1 amide bonds. The van der Waals surface area contributed by atoms with Gasteiger partial charge in [0.25, 0.3) is 0 Å². The second kappa shape index (κ2) is 4.21. The highest BCUT2D eigenvalue weighted by atomic mass is 16.4. The van der Waals surface area contributed by atoms with Gasteiger partial charge in [-0.2, -0.15) is 0 Å². The fraction of sp³-hybridized carbons (Fsp3) is 0.667. The third-order valence-corrected chi connectivity index (χ3v) is 2.29. The molecule has 5 nitrogen and oxygen atoms in total. The van der Waals surface area contributed by atoms with E-state index in [4.69, 9.17) is 5.11 Å². The molecule has 5 heteroatoms. The molecule has 1 aliphatic heterocycles. The van der Waals surface area contributed by atoms with Gasteiger partial charge < -0.3 is 5.11 Å².